The van der Waals surface area contributed by atoms with Crippen molar-refractivity contribution in [2.24, 2.45) is 17.8 Å². The second-order valence-corrected chi connectivity index (χ2v) is 16.5. The van der Waals surface area contributed by atoms with Gasteiger partial charge in [0, 0.05) is 53.6 Å². The summed E-state index contributed by atoms with van der Waals surface area (Å²) >= 11 is 0. The summed E-state index contributed by atoms with van der Waals surface area (Å²) < 4.78 is 6.02. The molecule has 9 heteroatoms. The average Bonchev–Trinajstić information content (AvgIpc) is 3.82. The zero-order chi connectivity index (χ0) is 39.9. The molecule has 0 fully saturated rings. The first-order valence-corrected chi connectivity index (χ1v) is 20.9. The van der Waals surface area contributed by atoms with Crippen LogP contribution in [-0.4, -0.2) is 53.0 Å². The van der Waals surface area contributed by atoms with Crippen molar-refractivity contribution < 1.29 is 4.74 Å². The monoisotopic (exact) mass is 764 g/mol. The molecule has 6 aromatic rings. The average molecular weight is 765 g/mol. The maximum atomic E-state index is 6.02. The fourth-order valence-electron chi connectivity index (χ4n) is 7.56. The maximum Gasteiger partial charge on any atom is 0.123 e. The fraction of sp³-hybridized carbons (Fsp3) is 0.375. The van der Waals surface area contributed by atoms with Crippen molar-refractivity contribution in [2.75, 3.05) is 53.5 Å². The summed E-state index contributed by atoms with van der Waals surface area (Å²) in [5, 5.41) is 12.6. The second-order valence-electron chi connectivity index (χ2n) is 16.5. The molecular formula is C48H60N8O. The normalized spacial score (nSPS) is 12.7. The van der Waals surface area contributed by atoms with Crippen LogP contribution < -0.4 is 20.7 Å². The zero-order valence-corrected chi connectivity index (χ0v) is 34.9. The van der Waals surface area contributed by atoms with Crippen molar-refractivity contribution in [3.05, 3.63) is 109 Å². The largest absolute Gasteiger partial charge is 0.380 e. The second kappa shape index (κ2) is 18.3. The number of ether oxygens (including phenoxy) is 1. The van der Waals surface area contributed by atoms with E-state index in [1.54, 1.807) is 0 Å². The van der Waals surface area contributed by atoms with E-state index in [0.717, 1.165) is 95.1 Å². The van der Waals surface area contributed by atoms with Crippen molar-refractivity contribution in [3.63, 3.8) is 0 Å². The number of hydrogen-bond acceptors (Lipinski definition) is 8. The number of hydrazine groups is 2. The number of para-hydroxylation sites is 2. The Morgan fingerprint density at radius 1 is 0.561 bits per heavy atom. The summed E-state index contributed by atoms with van der Waals surface area (Å²) in [5.41, 5.74) is 20.2. The Hall–Kier alpha value is -5.38. The minimum atomic E-state index is 0.387. The molecule has 0 unspecified atom stereocenters. The Labute approximate surface area is 339 Å². The summed E-state index contributed by atoms with van der Waals surface area (Å²) in [6.07, 6.45) is 2.17. The Morgan fingerprint density at radius 2 is 1.00 bits per heavy atom. The Kier molecular flexibility index (Phi) is 12.8. The van der Waals surface area contributed by atoms with Gasteiger partial charge >= 0.3 is 0 Å². The minimum Gasteiger partial charge on any atom is -0.380 e. The first-order valence-electron chi connectivity index (χ1n) is 20.9. The Morgan fingerprint density at radius 3 is 1.40 bits per heavy atom. The van der Waals surface area contributed by atoms with E-state index in [2.05, 4.69) is 178 Å². The van der Waals surface area contributed by atoms with Crippen molar-refractivity contribution >= 4 is 45.2 Å². The van der Waals surface area contributed by atoms with Gasteiger partial charge in [-0.15, -0.1) is 5.12 Å². The van der Waals surface area contributed by atoms with E-state index in [1.165, 1.54) is 11.4 Å². The van der Waals surface area contributed by atoms with Crippen LogP contribution in [0.3, 0.4) is 0 Å². The third-order valence-electron chi connectivity index (χ3n) is 10.2. The van der Waals surface area contributed by atoms with Crippen LogP contribution in [0.15, 0.2) is 109 Å². The molecule has 1 aliphatic heterocycles. The summed E-state index contributed by atoms with van der Waals surface area (Å²) in [6, 6.07) is 39.2. The summed E-state index contributed by atoms with van der Waals surface area (Å²) in [6.45, 7) is 20.3. The van der Waals surface area contributed by atoms with Crippen LogP contribution in [0.25, 0.3) is 33.3 Å². The summed E-state index contributed by atoms with van der Waals surface area (Å²) in [7, 11) is 0. The highest BCUT2D eigenvalue weighted by atomic mass is 16.5. The highest BCUT2D eigenvalue weighted by Gasteiger charge is 2.31. The van der Waals surface area contributed by atoms with Crippen molar-refractivity contribution in [3.8, 4) is 22.3 Å². The van der Waals surface area contributed by atoms with Crippen LogP contribution in [0, 0.1) is 17.8 Å². The third kappa shape index (κ3) is 9.27. The number of hydrogen-bond donors (Lipinski definition) is 2. The summed E-state index contributed by atoms with van der Waals surface area (Å²) in [4.78, 5) is 6.69. The molecular weight excluding hydrogens is 705 g/mol. The van der Waals surface area contributed by atoms with Gasteiger partial charge in [-0.2, -0.15) is 15.0 Å². The lowest BCUT2D eigenvalue weighted by Gasteiger charge is -2.27. The smallest absolute Gasteiger partial charge is 0.123 e. The third-order valence-corrected chi connectivity index (χ3v) is 10.2. The van der Waals surface area contributed by atoms with Gasteiger partial charge in [-0.1, -0.05) is 116 Å². The predicted molar refractivity (Wildman–Crippen MR) is 239 cm³/mol. The molecule has 1 aliphatic rings. The topological polar surface area (TPSA) is 73.7 Å². The molecule has 0 radical (unpaired) electrons. The number of unbranched alkanes of at least 4 members (excludes halogenated alkanes) is 1. The first-order chi connectivity index (χ1) is 27.7. The molecule has 0 saturated heterocycles. The van der Waals surface area contributed by atoms with Crippen molar-refractivity contribution in [2.45, 2.75) is 67.9 Å². The molecule has 2 N–H and O–H groups in total. The van der Waals surface area contributed by atoms with E-state index in [-0.39, 0.29) is 0 Å². The standard InChI is InChI=1S/C48H60N8O/c1-8-9-29-57-30-28-55-49-45-43(37-20-24-41(25-21-37)53(31-34(2)3)39-16-12-10-13-17-39)47-48(52-56(51-47)33-36(6)7)44(46(45)50-55)38-22-26-42(27-23-38)54(32-35(4)5)40-18-14-11-15-19-40/h10-27,34-36,49-50H,8-9,28-33H2,1-7H3. The van der Waals surface area contributed by atoms with Gasteiger partial charge in [0.1, 0.15) is 11.0 Å². The van der Waals surface area contributed by atoms with E-state index in [4.69, 9.17) is 14.9 Å². The van der Waals surface area contributed by atoms with Gasteiger partial charge in [-0.05, 0) is 83.8 Å². The van der Waals surface area contributed by atoms with Gasteiger partial charge in [0.15, 0.2) is 0 Å². The molecule has 2 heterocycles. The van der Waals surface area contributed by atoms with Crippen molar-refractivity contribution in [1.29, 1.82) is 0 Å². The molecule has 9 nitrogen and oxygen atoms in total. The number of fused-ring (bicyclic) bond motifs is 2. The fourth-order valence-corrected chi connectivity index (χ4v) is 7.56. The van der Waals surface area contributed by atoms with Gasteiger partial charge in [-0.3, -0.25) is 10.9 Å². The molecule has 0 amide bonds. The predicted octanol–water partition coefficient (Wildman–Crippen LogP) is 11.8. The van der Waals surface area contributed by atoms with E-state index >= 15 is 0 Å². The molecule has 5 aromatic carbocycles. The molecule has 57 heavy (non-hydrogen) atoms. The highest BCUT2D eigenvalue weighted by molar-refractivity contribution is 6.14. The van der Waals surface area contributed by atoms with Crippen LogP contribution in [-0.2, 0) is 11.3 Å². The van der Waals surface area contributed by atoms with E-state index < -0.39 is 0 Å². The molecule has 7 rings (SSSR count). The molecule has 1 aromatic heterocycles. The first kappa shape index (κ1) is 39.8. The minimum absolute atomic E-state index is 0.387. The molecule has 0 atom stereocenters. The lowest BCUT2D eigenvalue weighted by molar-refractivity contribution is 0.115. The number of rotatable bonds is 18. The van der Waals surface area contributed by atoms with Gasteiger partial charge in [0.25, 0.3) is 0 Å². The quantitative estimate of drug-likeness (QED) is 0.0838. The lowest BCUT2D eigenvalue weighted by atomic mass is 9.93. The van der Waals surface area contributed by atoms with E-state index in [1.807, 2.05) is 9.91 Å². The maximum absolute atomic E-state index is 6.02. The number of nitrogens with one attached hydrogen (secondary N) is 2. The van der Waals surface area contributed by atoms with Gasteiger partial charge in [-0.25, -0.2) is 0 Å². The van der Waals surface area contributed by atoms with Crippen LogP contribution >= 0.6 is 0 Å². The lowest BCUT2D eigenvalue weighted by Crippen LogP contribution is -2.33. The van der Waals surface area contributed by atoms with Gasteiger partial charge < -0.3 is 14.5 Å². The molecule has 298 valence electrons. The van der Waals surface area contributed by atoms with Crippen LogP contribution in [0.4, 0.5) is 34.1 Å². The number of aromatic nitrogens is 3. The number of anilines is 6. The van der Waals surface area contributed by atoms with Gasteiger partial charge in [0.05, 0.1) is 31.1 Å². The van der Waals surface area contributed by atoms with E-state index in [0.29, 0.717) is 30.9 Å². The van der Waals surface area contributed by atoms with Crippen LogP contribution in [0.2, 0.25) is 0 Å². The highest BCUT2D eigenvalue weighted by Crippen LogP contribution is 2.50. The Balaban J connectivity index is 1.34. The van der Waals surface area contributed by atoms with Crippen LogP contribution in [0.1, 0.15) is 61.3 Å². The Bertz CT molecular complexity index is 2040. The number of nitrogens with zero attached hydrogens (tertiary/aromatic N) is 6. The van der Waals surface area contributed by atoms with Crippen molar-refractivity contribution in [1.82, 2.24) is 20.1 Å². The molecule has 0 aliphatic carbocycles. The SMILES string of the molecule is CCCCOCCN1Nc2c(c(-c3ccc(N(CC(C)C)c4ccccc4)cc3)c3nn(CC(C)C)nc3c2-c2ccc(N(CC(C)C)c3ccccc3)cc2)N1. The molecule has 0 saturated carbocycles. The van der Waals surface area contributed by atoms with Gasteiger partial charge in [0.2, 0.25) is 0 Å². The molecule has 0 spiro atoms. The van der Waals surface area contributed by atoms with E-state index in [9.17, 15) is 0 Å². The zero-order valence-electron chi connectivity index (χ0n) is 34.9. The van der Waals surface area contributed by atoms with Crippen LogP contribution in [0.5, 0.6) is 0 Å². The molecule has 0 bridgehead atoms. The number of benzene rings is 5. The summed E-state index contributed by atoms with van der Waals surface area (Å²) in [5.74, 6) is 1.38.